The second-order valence-corrected chi connectivity index (χ2v) is 7.84. The van der Waals surface area contributed by atoms with Crippen molar-refractivity contribution in [3.63, 3.8) is 0 Å². The second-order valence-electron chi connectivity index (χ2n) is 6.73. The zero-order valence-corrected chi connectivity index (χ0v) is 16.0. The first-order chi connectivity index (χ1) is 12.7. The highest BCUT2D eigenvalue weighted by atomic mass is 32.2. The Morgan fingerprint density at radius 3 is 2.41 bits per heavy atom. The summed E-state index contributed by atoms with van der Waals surface area (Å²) in [6, 6.07) is 13.3. The highest BCUT2D eigenvalue weighted by molar-refractivity contribution is 7.99. The molecule has 0 saturated heterocycles. The highest BCUT2D eigenvalue weighted by Crippen LogP contribution is 2.35. The molecule has 1 amide bonds. The minimum absolute atomic E-state index is 0.0164. The second kappa shape index (κ2) is 8.68. The predicted octanol–water partition coefficient (Wildman–Crippen LogP) is 3.82. The van der Waals surface area contributed by atoms with Gasteiger partial charge in [-0.25, -0.2) is 4.79 Å². The third-order valence-electron chi connectivity index (χ3n) is 3.21. The Bertz CT molecular complexity index is 847. The molecule has 0 radical (unpaired) electrons. The number of carbonyl (C=O) groups is 2. The SMILES string of the molecule is CC(C)(C)NC(=O)COC(=O)c1ccc(Sc2ccccc2)c([N+](=O)[O-])c1. The van der Waals surface area contributed by atoms with E-state index in [-0.39, 0.29) is 11.3 Å². The normalized spacial score (nSPS) is 10.9. The van der Waals surface area contributed by atoms with Crippen molar-refractivity contribution in [1.29, 1.82) is 0 Å². The van der Waals surface area contributed by atoms with Gasteiger partial charge >= 0.3 is 5.97 Å². The Kier molecular flexibility index (Phi) is 6.57. The number of amides is 1. The van der Waals surface area contributed by atoms with Gasteiger partial charge in [-0.15, -0.1) is 0 Å². The maximum atomic E-state index is 12.1. The van der Waals surface area contributed by atoms with Crippen LogP contribution in [0.1, 0.15) is 31.1 Å². The fourth-order valence-electron chi connectivity index (χ4n) is 2.16. The molecule has 2 aromatic rings. The van der Waals surface area contributed by atoms with Gasteiger partial charge in [0, 0.05) is 16.5 Å². The summed E-state index contributed by atoms with van der Waals surface area (Å²) in [6.45, 7) is 4.96. The molecule has 2 aromatic carbocycles. The molecule has 7 nitrogen and oxygen atoms in total. The molecule has 0 aliphatic rings. The quantitative estimate of drug-likeness (QED) is 0.459. The third kappa shape index (κ3) is 6.41. The molecule has 142 valence electrons. The van der Waals surface area contributed by atoms with Gasteiger partial charge in [0.25, 0.3) is 11.6 Å². The Balaban J connectivity index is 2.11. The van der Waals surface area contributed by atoms with E-state index in [0.717, 1.165) is 11.0 Å². The van der Waals surface area contributed by atoms with E-state index < -0.39 is 28.9 Å². The van der Waals surface area contributed by atoms with Crippen LogP contribution in [0.3, 0.4) is 0 Å². The molecule has 0 heterocycles. The number of esters is 1. The van der Waals surface area contributed by atoms with Crippen LogP contribution in [-0.4, -0.2) is 28.9 Å². The van der Waals surface area contributed by atoms with Crippen LogP contribution in [0.4, 0.5) is 5.69 Å². The highest BCUT2D eigenvalue weighted by Gasteiger charge is 2.20. The van der Waals surface area contributed by atoms with Crippen LogP contribution >= 0.6 is 11.8 Å². The smallest absolute Gasteiger partial charge is 0.338 e. The number of nitrogens with zero attached hydrogens (tertiary/aromatic N) is 1. The number of carbonyl (C=O) groups excluding carboxylic acids is 2. The maximum Gasteiger partial charge on any atom is 0.338 e. The van der Waals surface area contributed by atoms with Crippen molar-refractivity contribution in [3.05, 3.63) is 64.2 Å². The summed E-state index contributed by atoms with van der Waals surface area (Å²) < 4.78 is 4.95. The van der Waals surface area contributed by atoms with Crippen molar-refractivity contribution in [2.24, 2.45) is 0 Å². The molecule has 0 saturated carbocycles. The van der Waals surface area contributed by atoms with Gasteiger partial charge in [-0.1, -0.05) is 30.0 Å². The molecule has 0 aliphatic carbocycles. The van der Waals surface area contributed by atoms with E-state index in [9.17, 15) is 19.7 Å². The summed E-state index contributed by atoms with van der Waals surface area (Å²) in [6.07, 6.45) is 0. The molecule has 2 rings (SSSR count). The van der Waals surface area contributed by atoms with Gasteiger partial charge in [0.15, 0.2) is 6.61 Å². The molecular weight excluding hydrogens is 368 g/mol. The number of nitro benzene ring substituents is 1. The fraction of sp³-hybridized carbons (Fsp3) is 0.263. The number of benzene rings is 2. The van der Waals surface area contributed by atoms with Gasteiger partial charge in [-0.05, 0) is 45.0 Å². The van der Waals surface area contributed by atoms with E-state index in [1.807, 2.05) is 30.3 Å². The Labute approximate surface area is 161 Å². The number of rotatable bonds is 6. The molecule has 0 atom stereocenters. The van der Waals surface area contributed by atoms with E-state index in [1.165, 1.54) is 23.9 Å². The largest absolute Gasteiger partial charge is 0.452 e. The van der Waals surface area contributed by atoms with E-state index in [0.29, 0.717) is 4.90 Å². The fourth-order valence-corrected chi connectivity index (χ4v) is 3.08. The Hall–Kier alpha value is -2.87. The molecule has 0 aliphatic heterocycles. The third-order valence-corrected chi connectivity index (χ3v) is 4.28. The van der Waals surface area contributed by atoms with Crippen LogP contribution in [0.2, 0.25) is 0 Å². The van der Waals surface area contributed by atoms with Crippen LogP contribution in [-0.2, 0) is 9.53 Å². The number of hydrogen-bond acceptors (Lipinski definition) is 6. The summed E-state index contributed by atoms with van der Waals surface area (Å²) >= 11 is 1.23. The summed E-state index contributed by atoms with van der Waals surface area (Å²) in [5.74, 6) is -1.24. The standard InChI is InChI=1S/C19H20N2O5S/c1-19(2,3)20-17(22)12-26-18(23)13-9-10-16(15(11-13)21(24)25)27-14-7-5-4-6-8-14/h4-11H,12H2,1-3H3,(H,20,22). The lowest BCUT2D eigenvalue weighted by Crippen LogP contribution is -2.42. The molecule has 1 N–H and O–H groups in total. The minimum Gasteiger partial charge on any atom is -0.452 e. The average molecular weight is 388 g/mol. The van der Waals surface area contributed by atoms with Crippen LogP contribution in [0.5, 0.6) is 0 Å². The number of nitrogens with one attached hydrogen (secondary N) is 1. The number of nitro groups is 1. The summed E-state index contributed by atoms with van der Waals surface area (Å²) in [4.78, 5) is 35.9. The lowest BCUT2D eigenvalue weighted by molar-refractivity contribution is -0.387. The van der Waals surface area contributed by atoms with Crippen molar-refractivity contribution in [2.45, 2.75) is 36.1 Å². The number of hydrogen-bond donors (Lipinski definition) is 1. The van der Waals surface area contributed by atoms with Crippen molar-refractivity contribution in [3.8, 4) is 0 Å². The first-order valence-corrected chi connectivity index (χ1v) is 8.97. The molecule has 0 spiro atoms. The van der Waals surface area contributed by atoms with E-state index >= 15 is 0 Å². The Morgan fingerprint density at radius 2 is 1.81 bits per heavy atom. The van der Waals surface area contributed by atoms with Crippen molar-refractivity contribution in [1.82, 2.24) is 5.32 Å². The van der Waals surface area contributed by atoms with Crippen LogP contribution < -0.4 is 5.32 Å². The zero-order valence-electron chi connectivity index (χ0n) is 15.2. The van der Waals surface area contributed by atoms with Gasteiger partial charge in [0.1, 0.15) is 0 Å². The maximum absolute atomic E-state index is 12.1. The minimum atomic E-state index is -0.793. The molecule has 0 bridgehead atoms. The first kappa shape index (κ1) is 20.4. The molecule has 0 fully saturated rings. The molecule has 27 heavy (non-hydrogen) atoms. The molecule has 0 unspecified atom stereocenters. The molecular formula is C19H20N2O5S. The van der Waals surface area contributed by atoms with Crippen molar-refractivity contribution in [2.75, 3.05) is 6.61 Å². The first-order valence-electron chi connectivity index (χ1n) is 8.15. The van der Waals surface area contributed by atoms with E-state index in [1.54, 1.807) is 20.8 Å². The van der Waals surface area contributed by atoms with Gasteiger partial charge in [0.2, 0.25) is 0 Å². The van der Waals surface area contributed by atoms with E-state index in [4.69, 9.17) is 4.74 Å². The van der Waals surface area contributed by atoms with Crippen LogP contribution in [0.25, 0.3) is 0 Å². The average Bonchev–Trinajstić information content (AvgIpc) is 2.59. The summed E-state index contributed by atoms with van der Waals surface area (Å²) in [5.41, 5.74) is -0.626. The zero-order chi connectivity index (χ0) is 20.0. The van der Waals surface area contributed by atoms with Crippen LogP contribution in [0, 0.1) is 10.1 Å². The van der Waals surface area contributed by atoms with Gasteiger partial charge < -0.3 is 10.1 Å². The predicted molar refractivity (Wildman–Crippen MR) is 102 cm³/mol. The topological polar surface area (TPSA) is 98.5 Å². The summed E-state index contributed by atoms with van der Waals surface area (Å²) in [5, 5.41) is 14.0. The monoisotopic (exact) mass is 388 g/mol. The molecule has 0 aromatic heterocycles. The van der Waals surface area contributed by atoms with Gasteiger partial charge in [-0.2, -0.15) is 0 Å². The van der Waals surface area contributed by atoms with Gasteiger partial charge in [-0.3, -0.25) is 14.9 Å². The van der Waals surface area contributed by atoms with E-state index in [2.05, 4.69) is 5.32 Å². The molecule has 8 heteroatoms. The Morgan fingerprint density at radius 1 is 1.15 bits per heavy atom. The lowest BCUT2D eigenvalue weighted by atomic mass is 10.1. The van der Waals surface area contributed by atoms with Gasteiger partial charge in [0.05, 0.1) is 15.4 Å². The number of ether oxygens (including phenoxy) is 1. The van der Waals surface area contributed by atoms with Crippen molar-refractivity contribution >= 4 is 29.3 Å². The lowest BCUT2D eigenvalue weighted by Gasteiger charge is -2.20. The van der Waals surface area contributed by atoms with Crippen molar-refractivity contribution < 1.29 is 19.2 Å². The van der Waals surface area contributed by atoms with Crippen LogP contribution in [0.15, 0.2) is 58.3 Å². The summed E-state index contributed by atoms with van der Waals surface area (Å²) in [7, 11) is 0.